The molecule has 2 rings (SSSR count). The van der Waals surface area contributed by atoms with Crippen molar-refractivity contribution in [2.24, 2.45) is 0 Å². The average Bonchev–Trinajstić information content (AvgIpc) is 2.51. The van der Waals surface area contributed by atoms with E-state index in [1.165, 1.54) is 13.0 Å². The molecule has 0 radical (unpaired) electrons. The number of rotatable bonds is 1. The summed E-state index contributed by atoms with van der Waals surface area (Å²) in [6, 6.07) is 9.20. The standard InChI is InChI=1S/C11H10O3.H3O4P/c1-11(13)9(7-10(12)14-11)8-5-3-2-4-6-8;1-5(2,3)4/h2-7,13H,1H3;(H3,1,2,3,4). The lowest BCUT2D eigenvalue weighted by molar-refractivity contribution is -0.169. The Balaban J connectivity index is 0.000000312. The Bertz CT molecular complexity index is 521. The summed E-state index contributed by atoms with van der Waals surface area (Å²) in [4.78, 5) is 32.5. The van der Waals surface area contributed by atoms with Gasteiger partial charge >= 0.3 is 13.8 Å². The Morgan fingerprint density at radius 3 is 2.00 bits per heavy atom. The first kappa shape index (κ1) is 15.6. The predicted molar refractivity (Wildman–Crippen MR) is 65.4 cm³/mol. The molecule has 0 bridgehead atoms. The second-order valence-electron chi connectivity index (χ2n) is 3.84. The van der Waals surface area contributed by atoms with Crippen molar-refractivity contribution in [3.63, 3.8) is 0 Å². The first-order valence-corrected chi connectivity index (χ1v) is 6.67. The number of hydrogen-bond donors (Lipinski definition) is 4. The van der Waals surface area contributed by atoms with E-state index < -0.39 is 19.6 Å². The zero-order valence-corrected chi connectivity index (χ0v) is 10.8. The summed E-state index contributed by atoms with van der Waals surface area (Å²) < 4.78 is 13.6. The molecule has 0 aliphatic carbocycles. The second-order valence-corrected chi connectivity index (χ2v) is 4.87. The molecule has 1 aliphatic heterocycles. The van der Waals surface area contributed by atoms with Crippen LogP contribution in [0.5, 0.6) is 0 Å². The molecular weight excluding hydrogens is 275 g/mol. The zero-order chi connectivity index (χ0) is 14.7. The van der Waals surface area contributed by atoms with E-state index in [1.54, 1.807) is 0 Å². The average molecular weight is 288 g/mol. The van der Waals surface area contributed by atoms with E-state index in [9.17, 15) is 9.90 Å². The molecule has 0 spiro atoms. The van der Waals surface area contributed by atoms with Crippen molar-refractivity contribution in [2.45, 2.75) is 12.7 Å². The van der Waals surface area contributed by atoms with Crippen LogP contribution in [-0.2, 0) is 14.1 Å². The van der Waals surface area contributed by atoms with Gasteiger partial charge in [0.25, 0.3) is 0 Å². The zero-order valence-electron chi connectivity index (χ0n) is 9.92. The summed E-state index contributed by atoms with van der Waals surface area (Å²) in [5.74, 6) is -2.01. The first-order valence-electron chi connectivity index (χ1n) is 5.11. The van der Waals surface area contributed by atoms with Crippen molar-refractivity contribution in [1.29, 1.82) is 0 Å². The van der Waals surface area contributed by atoms with Crippen LogP contribution in [0.3, 0.4) is 0 Å². The van der Waals surface area contributed by atoms with Crippen LogP contribution in [0.25, 0.3) is 5.57 Å². The SMILES string of the molecule is CC1(O)OC(=O)C=C1c1ccccc1.O=P(O)(O)O. The van der Waals surface area contributed by atoms with E-state index in [0.29, 0.717) is 5.57 Å². The Morgan fingerprint density at radius 2 is 1.63 bits per heavy atom. The van der Waals surface area contributed by atoms with Gasteiger partial charge < -0.3 is 24.5 Å². The Kier molecular flexibility index (Phi) is 4.62. The lowest BCUT2D eigenvalue weighted by atomic mass is 10.0. The highest BCUT2D eigenvalue weighted by Gasteiger charge is 2.37. The molecule has 0 saturated carbocycles. The molecule has 4 N–H and O–H groups in total. The maximum atomic E-state index is 11.0. The van der Waals surface area contributed by atoms with Crippen LogP contribution in [0.2, 0.25) is 0 Å². The molecule has 1 aromatic carbocycles. The van der Waals surface area contributed by atoms with Gasteiger partial charge in [0.15, 0.2) is 0 Å². The fourth-order valence-corrected chi connectivity index (χ4v) is 1.50. The van der Waals surface area contributed by atoms with Gasteiger partial charge in [-0.3, -0.25) is 0 Å². The van der Waals surface area contributed by atoms with E-state index in [-0.39, 0.29) is 0 Å². The van der Waals surface area contributed by atoms with Crippen LogP contribution in [-0.4, -0.2) is 31.5 Å². The summed E-state index contributed by atoms with van der Waals surface area (Å²) in [7, 11) is -4.64. The van der Waals surface area contributed by atoms with Gasteiger partial charge in [-0.05, 0) is 5.56 Å². The number of phosphoric acid groups is 1. The van der Waals surface area contributed by atoms with Crippen molar-refractivity contribution in [3.8, 4) is 0 Å². The van der Waals surface area contributed by atoms with E-state index in [1.807, 2.05) is 30.3 Å². The molecule has 0 fully saturated rings. The number of hydrogen-bond acceptors (Lipinski definition) is 4. The van der Waals surface area contributed by atoms with Gasteiger partial charge in [-0.1, -0.05) is 30.3 Å². The first-order chi connectivity index (χ1) is 8.59. The summed E-state index contributed by atoms with van der Waals surface area (Å²) in [6.45, 7) is 1.46. The number of esters is 1. The number of carbonyl (C=O) groups excluding carboxylic acids is 1. The highest BCUT2D eigenvalue weighted by Crippen LogP contribution is 2.32. The van der Waals surface area contributed by atoms with Crippen LogP contribution < -0.4 is 0 Å². The summed E-state index contributed by atoms with van der Waals surface area (Å²) in [6.07, 6.45) is 1.31. The molecule has 19 heavy (non-hydrogen) atoms. The molecule has 0 amide bonds. The van der Waals surface area contributed by atoms with Gasteiger partial charge in [0.05, 0.1) is 0 Å². The quantitative estimate of drug-likeness (QED) is 0.435. The minimum Gasteiger partial charge on any atom is -0.426 e. The van der Waals surface area contributed by atoms with Gasteiger partial charge in [0.2, 0.25) is 5.79 Å². The molecule has 1 aromatic rings. The minimum atomic E-state index is -4.64. The summed E-state index contributed by atoms with van der Waals surface area (Å²) >= 11 is 0. The fourth-order valence-electron chi connectivity index (χ4n) is 1.50. The van der Waals surface area contributed by atoms with E-state index in [0.717, 1.165) is 5.56 Å². The highest BCUT2D eigenvalue weighted by molar-refractivity contribution is 7.45. The van der Waals surface area contributed by atoms with Gasteiger partial charge in [-0.25, -0.2) is 9.36 Å². The smallest absolute Gasteiger partial charge is 0.426 e. The Morgan fingerprint density at radius 1 is 1.16 bits per heavy atom. The monoisotopic (exact) mass is 288 g/mol. The molecule has 8 heteroatoms. The number of ether oxygens (including phenoxy) is 1. The minimum absolute atomic E-state index is 0.503. The van der Waals surface area contributed by atoms with Crippen molar-refractivity contribution < 1.29 is 33.9 Å². The van der Waals surface area contributed by atoms with Crippen LogP contribution >= 0.6 is 7.82 Å². The molecule has 1 heterocycles. The van der Waals surface area contributed by atoms with Gasteiger partial charge in [-0.2, -0.15) is 0 Å². The Hall–Kier alpha value is -1.50. The number of benzene rings is 1. The molecule has 104 valence electrons. The predicted octanol–water partition coefficient (Wildman–Crippen LogP) is 0.407. The number of aliphatic hydroxyl groups is 1. The van der Waals surface area contributed by atoms with Crippen molar-refractivity contribution in [1.82, 2.24) is 0 Å². The van der Waals surface area contributed by atoms with E-state index >= 15 is 0 Å². The molecule has 1 unspecified atom stereocenters. The maximum absolute atomic E-state index is 11.0. The lowest BCUT2D eigenvalue weighted by Crippen LogP contribution is -2.26. The summed E-state index contributed by atoms with van der Waals surface area (Å²) in [5, 5.41) is 9.77. The molecule has 1 atom stereocenters. The van der Waals surface area contributed by atoms with Crippen LogP contribution in [0, 0.1) is 0 Å². The third kappa shape index (κ3) is 5.34. The Labute approximate surface area is 109 Å². The number of carbonyl (C=O) groups is 1. The third-order valence-corrected chi connectivity index (χ3v) is 2.15. The van der Waals surface area contributed by atoms with Crippen LogP contribution in [0.15, 0.2) is 36.4 Å². The molecule has 0 saturated heterocycles. The third-order valence-electron chi connectivity index (χ3n) is 2.15. The van der Waals surface area contributed by atoms with Crippen LogP contribution in [0.1, 0.15) is 12.5 Å². The van der Waals surface area contributed by atoms with Gasteiger partial charge in [0.1, 0.15) is 0 Å². The summed E-state index contributed by atoms with van der Waals surface area (Å²) in [5.41, 5.74) is 1.30. The van der Waals surface area contributed by atoms with Crippen molar-refractivity contribution in [3.05, 3.63) is 42.0 Å². The second kappa shape index (κ2) is 5.64. The largest absolute Gasteiger partial charge is 0.466 e. The topological polar surface area (TPSA) is 124 Å². The van der Waals surface area contributed by atoms with Crippen molar-refractivity contribution in [2.75, 3.05) is 0 Å². The molecular formula is C11H13O7P. The maximum Gasteiger partial charge on any atom is 0.466 e. The highest BCUT2D eigenvalue weighted by atomic mass is 31.2. The molecule has 0 aromatic heterocycles. The van der Waals surface area contributed by atoms with Crippen LogP contribution in [0.4, 0.5) is 0 Å². The van der Waals surface area contributed by atoms with Gasteiger partial charge in [0, 0.05) is 18.6 Å². The number of cyclic esters (lactones) is 1. The molecule has 1 aliphatic rings. The van der Waals surface area contributed by atoms with Gasteiger partial charge in [-0.15, -0.1) is 0 Å². The van der Waals surface area contributed by atoms with Crippen molar-refractivity contribution >= 4 is 19.4 Å². The van der Waals surface area contributed by atoms with E-state index in [2.05, 4.69) is 0 Å². The lowest BCUT2D eigenvalue weighted by Gasteiger charge is -2.19. The van der Waals surface area contributed by atoms with E-state index in [4.69, 9.17) is 24.0 Å². The normalized spacial score (nSPS) is 22.2. The fraction of sp³-hybridized carbons (Fsp3) is 0.182. The molecule has 7 nitrogen and oxygen atoms in total.